The van der Waals surface area contributed by atoms with Gasteiger partial charge < -0.3 is 8.98 Å². The van der Waals surface area contributed by atoms with Crippen molar-refractivity contribution in [1.29, 1.82) is 0 Å². The van der Waals surface area contributed by atoms with E-state index in [9.17, 15) is 0 Å². The summed E-state index contributed by atoms with van der Waals surface area (Å²) < 4.78 is 9.22. The summed E-state index contributed by atoms with van der Waals surface area (Å²) >= 11 is 0. The fraction of sp³-hybridized carbons (Fsp3) is 0.0962. The van der Waals surface area contributed by atoms with E-state index in [2.05, 4.69) is 163 Å². The van der Waals surface area contributed by atoms with E-state index in [-0.39, 0.29) is 0 Å². The number of para-hydroxylation sites is 1. The van der Waals surface area contributed by atoms with Crippen molar-refractivity contribution in [1.82, 2.24) is 19.5 Å². The van der Waals surface area contributed by atoms with Gasteiger partial charge in [-0.3, -0.25) is 0 Å². The normalized spacial score (nSPS) is 15.0. The van der Waals surface area contributed by atoms with Crippen molar-refractivity contribution < 1.29 is 4.42 Å². The van der Waals surface area contributed by atoms with Crippen molar-refractivity contribution in [2.75, 3.05) is 0 Å². The van der Waals surface area contributed by atoms with Crippen LogP contribution in [-0.2, 0) is 0 Å². The molecule has 0 bridgehead atoms. The van der Waals surface area contributed by atoms with Crippen LogP contribution in [0.15, 0.2) is 168 Å². The van der Waals surface area contributed by atoms with Gasteiger partial charge in [-0.1, -0.05) is 128 Å². The van der Waals surface area contributed by atoms with E-state index in [1.165, 1.54) is 22.2 Å². The maximum atomic E-state index is 6.78. The molecule has 0 saturated heterocycles. The van der Waals surface area contributed by atoms with Crippen LogP contribution in [0.3, 0.4) is 0 Å². The van der Waals surface area contributed by atoms with Gasteiger partial charge >= 0.3 is 0 Å². The Hall–Kier alpha value is -7.11. The van der Waals surface area contributed by atoms with Crippen LogP contribution in [0.4, 0.5) is 0 Å². The number of rotatable bonds is 6. The van der Waals surface area contributed by atoms with Crippen LogP contribution in [-0.4, -0.2) is 19.5 Å². The topological polar surface area (TPSA) is 56.7 Å². The van der Waals surface area contributed by atoms with Gasteiger partial charge in [0.15, 0.2) is 17.5 Å². The lowest BCUT2D eigenvalue weighted by Crippen LogP contribution is -2.07. The van der Waals surface area contributed by atoms with Gasteiger partial charge in [-0.05, 0) is 90.1 Å². The predicted octanol–water partition coefficient (Wildman–Crippen LogP) is 13.6. The standard InChI is InChI=1S/C52H38N4O/c1-33-15-13-23-41-40-22-11-12-25-45(40)56(48(33)41)39-29-27-37(28-30-39)51-53-50(36-20-9-4-10-21-36)54-52(55-51)42-24-14-26-46-47(42)44-32-38(34-16-5-2-6-17-34)31-43(49(44)57-46)35-18-7-3-8-19-35/h2-9,11-14,16-20,22-33H,10,15,21H2,1H3. The van der Waals surface area contributed by atoms with E-state index < -0.39 is 0 Å². The number of benzene rings is 6. The molecule has 1 unspecified atom stereocenters. The second kappa shape index (κ2) is 13.6. The Bertz CT molecular complexity index is 3090. The Balaban J connectivity index is 1.10. The van der Waals surface area contributed by atoms with Crippen LogP contribution in [0.5, 0.6) is 0 Å². The highest BCUT2D eigenvalue weighted by atomic mass is 16.3. The summed E-state index contributed by atoms with van der Waals surface area (Å²) in [6.07, 6.45) is 13.9. The van der Waals surface area contributed by atoms with E-state index in [1.807, 2.05) is 18.2 Å². The predicted molar refractivity (Wildman–Crippen MR) is 234 cm³/mol. The first-order valence-corrected chi connectivity index (χ1v) is 19.8. The number of aromatic nitrogens is 4. The quantitative estimate of drug-likeness (QED) is 0.171. The number of nitrogens with zero attached hydrogens (tertiary/aromatic N) is 4. The summed E-state index contributed by atoms with van der Waals surface area (Å²) in [6, 6.07) is 49.2. The lowest BCUT2D eigenvalue weighted by molar-refractivity contribution is 0.670. The smallest absolute Gasteiger partial charge is 0.164 e. The highest BCUT2D eigenvalue weighted by Gasteiger charge is 2.24. The average molecular weight is 735 g/mol. The highest BCUT2D eigenvalue weighted by molar-refractivity contribution is 6.16. The second-order valence-electron chi connectivity index (χ2n) is 15.1. The zero-order chi connectivity index (χ0) is 37.9. The summed E-state index contributed by atoms with van der Waals surface area (Å²) in [7, 11) is 0. The number of fused-ring (bicyclic) bond motifs is 6. The monoisotopic (exact) mass is 734 g/mol. The van der Waals surface area contributed by atoms with Crippen molar-refractivity contribution in [3.8, 4) is 50.7 Å². The third kappa shape index (κ3) is 5.65. The molecule has 0 fully saturated rings. The van der Waals surface area contributed by atoms with Gasteiger partial charge in [0.1, 0.15) is 11.2 Å². The second-order valence-corrected chi connectivity index (χ2v) is 15.1. The SMILES string of the molecule is CC1CC=Cc2c1n(-c1ccc(-c3nc(C4=CC=CCC4)nc(-c4cccc5oc6c(-c7ccccc7)cc(-c7ccccc7)cc6c45)n3)cc1)c1ccccc21. The fourth-order valence-electron chi connectivity index (χ4n) is 8.79. The third-order valence-electron chi connectivity index (χ3n) is 11.5. The molecule has 5 nitrogen and oxygen atoms in total. The first-order chi connectivity index (χ1) is 28.2. The number of furan rings is 1. The van der Waals surface area contributed by atoms with Gasteiger partial charge in [-0.15, -0.1) is 0 Å². The van der Waals surface area contributed by atoms with Gasteiger partial charge in [0.05, 0.1) is 5.52 Å². The van der Waals surface area contributed by atoms with Crippen LogP contribution in [0, 0.1) is 0 Å². The Morgan fingerprint density at radius 1 is 0.614 bits per heavy atom. The van der Waals surface area contributed by atoms with Crippen molar-refractivity contribution in [3.05, 3.63) is 181 Å². The molecule has 5 heteroatoms. The van der Waals surface area contributed by atoms with E-state index in [0.29, 0.717) is 23.4 Å². The molecule has 2 aliphatic rings. The molecule has 0 spiro atoms. The van der Waals surface area contributed by atoms with Gasteiger partial charge in [0.25, 0.3) is 0 Å². The molecule has 11 rings (SSSR count). The van der Waals surface area contributed by atoms with Gasteiger partial charge in [0, 0.05) is 55.7 Å². The molecule has 0 N–H and O–H groups in total. The van der Waals surface area contributed by atoms with Crippen LogP contribution in [0.25, 0.3) is 95.2 Å². The zero-order valence-electron chi connectivity index (χ0n) is 31.6. The molecular weight excluding hydrogens is 697 g/mol. The molecule has 3 aromatic heterocycles. The first kappa shape index (κ1) is 33.2. The number of allylic oxidation sites excluding steroid dienone is 5. The average Bonchev–Trinajstić information content (AvgIpc) is 3.84. The Kier molecular flexibility index (Phi) is 7.92. The zero-order valence-corrected chi connectivity index (χ0v) is 31.6. The van der Waals surface area contributed by atoms with Gasteiger partial charge in [0.2, 0.25) is 0 Å². The summed E-state index contributed by atoms with van der Waals surface area (Å²) in [4.78, 5) is 15.6. The summed E-state index contributed by atoms with van der Waals surface area (Å²) in [5, 5.41) is 3.30. The number of hydrogen-bond acceptors (Lipinski definition) is 4. The highest BCUT2D eigenvalue weighted by Crippen LogP contribution is 2.43. The molecule has 57 heavy (non-hydrogen) atoms. The van der Waals surface area contributed by atoms with Gasteiger partial charge in [-0.25, -0.2) is 15.0 Å². The van der Waals surface area contributed by atoms with E-state index >= 15 is 0 Å². The van der Waals surface area contributed by atoms with Crippen molar-refractivity contribution in [2.24, 2.45) is 0 Å². The summed E-state index contributed by atoms with van der Waals surface area (Å²) in [5.74, 6) is 2.39. The molecule has 0 saturated carbocycles. The molecule has 272 valence electrons. The van der Waals surface area contributed by atoms with Gasteiger partial charge in [-0.2, -0.15) is 0 Å². The minimum atomic E-state index is 0.415. The first-order valence-electron chi connectivity index (χ1n) is 19.8. The van der Waals surface area contributed by atoms with Crippen molar-refractivity contribution in [2.45, 2.75) is 32.1 Å². The lowest BCUT2D eigenvalue weighted by Gasteiger charge is -2.19. The Morgan fingerprint density at radius 3 is 2.18 bits per heavy atom. The maximum absolute atomic E-state index is 6.78. The molecular formula is C52H38N4O. The Morgan fingerprint density at radius 2 is 1.37 bits per heavy atom. The molecule has 3 heterocycles. The van der Waals surface area contributed by atoms with Crippen LogP contribution in [0.2, 0.25) is 0 Å². The summed E-state index contributed by atoms with van der Waals surface area (Å²) in [5.41, 5.74) is 14.1. The molecule has 0 aliphatic heterocycles. The van der Waals surface area contributed by atoms with E-state index in [1.54, 1.807) is 0 Å². The minimum absolute atomic E-state index is 0.415. The van der Waals surface area contributed by atoms with Crippen molar-refractivity contribution >= 4 is 44.5 Å². The van der Waals surface area contributed by atoms with Crippen molar-refractivity contribution in [3.63, 3.8) is 0 Å². The largest absolute Gasteiger partial charge is 0.455 e. The van der Waals surface area contributed by atoms with E-state index in [4.69, 9.17) is 19.4 Å². The lowest BCUT2D eigenvalue weighted by atomic mass is 9.93. The van der Waals surface area contributed by atoms with Crippen LogP contribution >= 0.6 is 0 Å². The molecule has 6 aromatic carbocycles. The molecule has 9 aromatic rings. The maximum Gasteiger partial charge on any atom is 0.164 e. The molecule has 0 amide bonds. The van der Waals surface area contributed by atoms with Crippen LogP contribution in [0.1, 0.15) is 49.2 Å². The molecule has 2 aliphatic carbocycles. The van der Waals surface area contributed by atoms with E-state index in [0.717, 1.165) is 85.8 Å². The minimum Gasteiger partial charge on any atom is -0.455 e. The Labute approximate surface area is 331 Å². The third-order valence-corrected chi connectivity index (χ3v) is 11.5. The summed E-state index contributed by atoms with van der Waals surface area (Å²) in [6.45, 7) is 2.32. The molecule has 1 atom stereocenters. The molecule has 0 radical (unpaired) electrons. The van der Waals surface area contributed by atoms with Crippen LogP contribution < -0.4 is 0 Å². The number of hydrogen-bond donors (Lipinski definition) is 0. The fourth-order valence-corrected chi connectivity index (χ4v) is 8.79.